The number of phenols is 1. The smallest absolute Gasteiger partial charge is 0.413 e. The molecule has 7 nitrogen and oxygen atoms in total. The molecule has 0 saturated carbocycles. The number of halogens is 2. The van der Waals surface area contributed by atoms with E-state index in [1.165, 1.54) is 6.20 Å². The third kappa shape index (κ3) is 5.42. The summed E-state index contributed by atoms with van der Waals surface area (Å²) in [6.07, 6.45) is 0.887. The minimum Gasteiger partial charge on any atom is -0.503 e. The Morgan fingerprint density at radius 1 is 1.28 bits per heavy atom. The molecule has 0 spiro atoms. The maximum absolute atomic E-state index is 13.3. The molecule has 0 aliphatic heterocycles. The van der Waals surface area contributed by atoms with Gasteiger partial charge in [-0.2, -0.15) is 5.10 Å². The summed E-state index contributed by atoms with van der Waals surface area (Å²) in [6.45, 7) is 5.69. The Labute approximate surface area is 143 Å². The molecule has 1 amide bonds. The summed E-state index contributed by atoms with van der Waals surface area (Å²) >= 11 is 0. The first-order valence-electron chi connectivity index (χ1n) is 7.55. The number of benzene rings is 1. The van der Waals surface area contributed by atoms with Crippen molar-refractivity contribution in [1.29, 1.82) is 0 Å². The van der Waals surface area contributed by atoms with Gasteiger partial charge in [-0.25, -0.2) is 13.6 Å². The Bertz CT molecular complexity index is 733. The van der Waals surface area contributed by atoms with Crippen LogP contribution in [0.5, 0.6) is 5.75 Å². The van der Waals surface area contributed by atoms with E-state index < -0.39 is 29.1 Å². The van der Waals surface area contributed by atoms with Crippen molar-refractivity contribution in [3.8, 4) is 5.75 Å². The average Bonchev–Trinajstić information content (AvgIpc) is 2.90. The highest BCUT2D eigenvalue weighted by Gasteiger charge is 2.18. The molecule has 0 aliphatic carbocycles. The normalized spacial score (nSPS) is 11.4. The lowest BCUT2D eigenvalue weighted by molar-refractivity contribution is 0.0635. The summed E-state index contributed by atoms with van der Waals surface area (Å²) in [4.78, 5) is 11.8. The second kappa shape index (κ2) is 7.47. The summed E-state index contributed by atoms with van der Waals surface area (Å²) in [5.74, 6) is -2.67. The number of H-pyrrole nitrogens is 1. The molecule has 0 aliphatic rings. The lowest BCUT2D eigenvalue weighted by Gasteiger charge is -2.19. The quantitative estimate of drug-likeness (QED) is 0.661. The molecule has 0 saturated heterocycles. The molecule has 0 radical (unpaired) electrons. The first kappa shape index (κ1) is 18.7. The van der Waals surface area contributed by atoms with Crippen LogP contribution in [-0.4, -0.2) is 27.0 Å². The van der Waals surface area contributed by atoms with Gasteiger partial charge < -0.3 is 15.2 Å². The van der Waals surface area contributed by atoms with Gasteiger partial charge in [-0.1, -0.05) is 0 Å². The van der Waals surface area contributed by atoms with Crippen molar-refractivity contribution in [3.05, 3.63) is 41.1 Å². The summed E-state index contributed by atoms with van der Waals surface area (Å²) in [5, 5.41) is 21.1. The molecule has 0 atom stereocenters. The SMILES string of the molecule is CC(C)(C)OC(=O)Nc1[nH]ncc1CNCc1cc(F)c(O)c(F)c1. The van der Waals surface area contributed by atoms with Crippen LogP contribution in [0.4, 0.5) is 19.4 Å². The highest BCUT2D eigenvalue weighted by atomic mass is 19.1. The molecule has 4 N–H and O–H groups in total. The van der Waals surface area contributed by atoms with Crippen molar-refractivity contribution >= 4 is 11.9 Å². The van der Waals surface area contributed by atoms with Gasteiger partial charge in [-0.05, 0) is 38.5 Å². The fraction of sp³-hybridized carbons (Fsp3) is 0.375. The number of aromatic amines is 1. The highest BCUT2D eigenvalue weighted by Crippen LogP contribution is 2.21. The summed E-state index contributed by atoms with van der Waals surface area (Å²) < 4.78 is 31.7. The van der Waals surface area contributed by atoms with Gasteiger partial charge in [0.25, 0.3) is 0 Å². The number of nitrogens with one attached hydrogen (secondary N) is 3. The fourth-order valence-corrected chi connectivity index (χ4v) is 2.02. The number of nitrogens with zero attached hydrogens (tertiary/aromatic N) is 1. The summed E-state index contributed by atoms with van der Waals surface area (Å²) in [7, 11) is 0. The number of phenolic OH excluding ortho intramolecular Hbond substituents is 1. The number of carbonyl (C=O) groups is 1. The lowest BCUT2D eigenvalue weighted by atomic mass is 10.2. The van der Waals surface area contributed by atoms with E-state index in [0.717, 1.165) is 12.1 Å². The molecule has 0 unspecified atom stereocenters. The van der Waals surface area contributed by atoms with E-state index in [1.54, 1.807) is 20.8 Å². The molecule has 1 aromatic carbocycles. The third-order valence-corrected chi connectivity index (χ3v) is 3.07. The van der Waals surface area contributed by atoms with Crippen molar-refractivity contribution < 1.29 is 23.4 Å². The number of ether oxygens (including phenoxy) is 1. The van der Waals surface area contributed by atoms with Gasteiger partial charge in [0.15, 0.2) is 17.4 Å². The second-order valence-corrected chi connectivity index (χ2v) is 6.41. The zero-order valence-electron chi connectivity index (χ0n) is 14.1. The lowest BCUT2D eigenvalue weighted by Crippen LogP contribution is -2.27. The van der Waals surface area contributed by atoms with Crippen LogP contribution in [0.3, 0.4) is 0 Å². The first-order chi connectivity index (χ1) is 11.7. The molecule has 0 bridgehead atoms. The van der Waals surface area contributed by atoms with Crippen molar-refractivity contribution in [1.82, 2.24) is 15.5 Å². The van der Waals surface area contributed by atoms with Crippen LogP contribution in [0.1, 0.15) is 31.9 Å². The Morgan fingerprint density at radius 3 is 2.52 bits per heavy atom. The number of hydrogen-bond acceptors (Lipinski definition) is 5. The second-order valence-electron chi connectivity index (χ2n) is 6.41. The van der Waals surface area contributed by atoms with Crippen LogP contribution in [0.15, 0.2) is 18.3 Å². The minimum atomic E-state index is -1.02. The number of aromatic hydroxyl groups is 1. The maximum Gasteiger partial charge on any atom is 0.413 e. The predicted molar refractivity (Wildman–Crippen MR) is 87.0 cm³/mol. The number of carbonyl (C=O) groups excluding carboxylic acids is 1. The predicted octanol–water partition coefficient (Wildman–Crippen LogP) is 3.03. The number of hydrogen-bond donors (Lipinski definition) is 4. The van der Waals surface area contributed by atoms with E-state index in [0.29, 0.717) is 16.9 Å². The van der Waals surface area contributed by atoms with E-state index in [2.05, 4.69) is 20.8 Å². The van der Waals surface area contributed by atoms with E-state index >= 15 is 0 Å². The van der Waals surface area contributed by atoms with Gasteiger partial charge in [0.2, 0.25) is 0 Å². The summed E-state index contributed by atoms with van der Waals surface area (Å²) in [6, 6.07) is 2.08. The largest absolute Gasteiger partial charge is 0.503 e. The molecule has 2 rings (SSSR count). The number of aromatic nitrogens is 2. The summed E-state index contributed by atoms with van der Waals surface area (Å²) in [5.41, 5.74) is 0.346. The molecule has 25 heavy (non-hydrogen) atoms. The fourth-order valence-electron chi connectivity index (χ4n) is 2.02. The van der Waals surface area contributed by atoms with Crippen LogP contribution in [0.2, 0.25) is 0 Å². The van der Waals surface area contributed by atoms with Crippen molar-refractivity contribution in [3.63, 3.8) is 0 Å². The highest BCUT2D eigenvalue weighted by molar-refractivity contribution is 5.84. The minimum absolute atomic E-state index is 0.158. The molecule has 2 aromatic rings. The van der Waals surface area contributed by atoms with Gasteiger partial charge in [0.1, 0.15) is 11.4 Å². The van der Waals surface area contributed by atoms with Crippen LogP contribution < -0.4 is 10.6 Å². The molecule has 9 heteroatoms. The first-order valence-corrected chi connectivity index (χ1v) is 7.55. The van der Waals surface area contributed by atoms with E-state index in [1.807, 2.05) is 0 Å². The molecule has 136 valence electrons. The van der Waals surface area contributed by atoms with Crippen molar-refractivity contribution in [2.24, 2.45) is 0 Å². The van der Waals surface area contributed by atoms with Gasteiger partial charge in [-0.3, -0.25) is 10.4 Å². The molecule has 1 aromatic heterocycles. The van der Waals surface area contributed by atoms with Crippen molar-refractivity contribution in [2.75, 3.05) is 5.32 Å². The van der Waals surface area contributed by atoms with E-state index in [-0.39, 0.29) is 13.1 Å². The van der Waals surface area contributed by atoms with Crippen molar-refractivity contribution in [2.45, 2.75) is 39.5 Å². The van der Waals surface area contributed by atoms with Crippen LogP contribution in [0.25, 0.3) is 0 Å². The molecular weight excluding hydrogens is 334 g/mol. The maximum atomic E-state index is 13.3. The topological polar surface area (TPSA) is 99.3 Å². The van der Waals surface area contributed by atoms with E-state index in [9.17, 15) is 13.6 Å². The van der Waals surface area contributed by atoms with Crippen LogP contribution in [-0.2, 0) is 17.8 Å². The van der Waals surface area contributed by atoms with Gasteiger partial charge in [-0.15, -0.1) is 0 Å². The van der Waals surface area contributed by atoms with Crippen LogP contribution >= 0.6 is 0 Å². The Balaban J connectivity index is 1.92. The van der Waals surface area contributed by atoms with Gasteiger partial charge in [0, 0.05) is 18.7 Å². The number of rotatable bonds is 5. The molecular formula is C16H20F2N4O3. The average molecular weight is 354 g/mol. The Kier molecular flexibility index (Phi) is 5.58. The standard InChI is InChI=1S/C16H20F2N4O3/c1-16(2,3)25-15(24)21-14-10(8-20-22-14)7-19-6-9-4-11(17)13(23)12(18)5-9/h4-5,8,19,23H,6-7H2,1-3H3,(H2,20,21,22,24). The monoisotopic (exact) mass is 354 g/mol. The van der Waals surface area contributed by atoms with E-state index in [4.69, 9.17) is 9.84 Å². The third-order valence-electron chi connectivity index (χ3n) is 3.07. The molecule has 0 fully saturated rings. The Hall–Kier alpha value is -2.68. The zero-order valence-corrected chi connectivity index (χ0v) is 14.1. The Morgan fingerprint density at radius 2 is 1.92 bits per heavy atom. The number of amides is 1. The zero-order chi connectivity index (χ0) is 18.6. The van der Waals surface area contributed by atoms with Gasteiger partial charge >= 0.3 is 6.09 Å². The van der Waals surface area contributed by atoms with Crippen LogP contribution in [0, 0.1) is 11.6 Å². The molecule has 1 heterocycles. The number of anilines is 1. The van der Waals surface area contributed by atoms with Gasteiger partial charge in [0.05, 0.1) is 6.20 Å².